The molecule has 2 nitrogen and oxygen atoms in total. The van der Waals surface area contributed by atoms with Crippen molar-refractivity contribution >= 4 is 0 Å². The Bertz CT molecular complexity index is 470. The zero-order valence-electron chi connectivity index (χ0n) is 9.08. The van der Waals surface area contributed by atoms with Gasteiger partial charge in [0.1, 0.15) is 6.61 Å². The summed E-state index contributed by atoms with van der Waals surface area (Å²) >= 11 is 0. The number of aliphatic hydroxyl groups excluding tert-OH is 2. The third-order valence-corrected chi connectivity index (χ3v) is 2.08. The molecule has 0 spiro atoms. The fourth-order valence-corrected chi connectivity index (χ4v) is 1.26. The molecule has 1 aromatic rings. The summed E-state index contributed by atoms with van der Waals surface area (Å²) in [7, 11) is 0. The van der Waals surface area contributed by atoms with Crippen LogP contribution in [0.3, 0.4) is 0 Å². The van der Waals surface area contributed by atoms with E-state index in [1.165, 1.54) is 12.1 Å². The van der Waals surface area contributed by atoms with E-state index in [0.717, 1.165) is 12.1 Å². The lowest BCUT2D eigenvalue weighted by atomic mass is 10.1. The van der Waals surface area contributed by atoms with E-state index in [4.69, 9.17) is 10.2 Å². The van der Waals surface area contributed by atoms with E-state index >= 15 is 0 Å². The summed E-state index contributed by atoms with van der Waals surface area (Å²) in [5, 5.41) is 17.5. The standard InChI is InChI=1S/C13H12F2O2/c14-12-5-4-10(8-13(12)15)7-11(9-17)3-1-2-6-16/h3-5,8,16-17H,6-7,9H2/b11-3+. The molecule has 0 radical (unpaired) electrons. The topological polar surface area (TPSA) is 40.5 Å². The SMILES string of the molecule is OCC#C/C=C(/CO)Cc1ccc(F)c(F)c1. The van der Waals surface area contributed by atoms with E-state index in [1.54, 1.807) is 0 Å². The lowest BCUT2D eigenvalue weighted by Crippen LogP contribution is -1.97. The summed E-state index contributed by atoms with van der Waals surface area (Å²) in [5.41, 5.74) is 1.12. The Labute approximate surface area is 98.2 Å². The Morgan fingerprint density at radius 3 is 2.59 bits per heavy atom. The lowest BCUT2D eigenvalue weighted by Gasteiger charge is -2.03. The van der Waals surface area contributed by atoms with E-state index in [2.05, 4.69) is 11.8 Å². The maximum atomic E-state index is 12.9. The molecule has 1 aromatic carbocycles. The van der Waals surface area contributed by atoms with Crippen LogP contribution < -0.4 is 0 Å². The maximum Gasteiger partial charge on any atom is 0.159 e. The summed E-state index contributed by atoms with van der Waals surface area (Å²) in [4.78, 5) is 0. The van der Waals surface area contributed by atoms with Crippen LogP contribution in [0.15, 0.2) is 29.8 Å². The first-order valence-corrected chi connectivity index (χ1v) is 4.99. The van der Waals surface area contributed by atoms with Crippen molar-refractivity contribution < 1.29 is 19.0 Å². The Kier molecular flexibility index (Phi) is 5.34. The van der Waals surface area contributed by atoms with Gasteiger partial charge in [-0.25, -0.2) is 8.78 Å². The number of rotatable bonds is 3. The molecule has 90 valence electrons. The molecule has 1 rings (SSSR count). The van der Waals surface area contributed by atoms with Crippen molar-refractivity contribution in [2.75, 3.05) is 13.2 Å². The molecule has 4 heteroatoms. The maximum absolute atomic E-state index is 12.9. The Hall–Kier alpha value is -1.70. The highest BCUT2D eigenvalue weighted by Crippen LogP contribution is 2.12. The van der Waals surface area contributed by atoms with E-state index in [1.807, 2.05) is 0 Å². The van der Waals surface area contributed by atoms with Crippen molar-refractivity contribution in [2.24, 2.45) is 0 Å². The third kappa shape index (κ3) is 4.35. The van der Waals surface area contributed by atoms with Gasteiger partial charge in [-0.1, -0.05) is 17.9 Å². The van der Waals surface area contributed by atoms with Gasteiger partial charge in [0.15, 0.2) is 11.6 Å². The van der Waals surface area contributed by atoms with Crippen LogP contribution >= 0.6 is 0 Å². The molecular formula is C13H12F2O2. The molecule has 0 bridgehead atoms. The van der Waals surface area contributed by atoms with Crippen LogP contribution in [-0.4, -0.2) is 23.4 Å². The van der Waals surface area contributed by atoms with Crippen molar-refractivity contribution in [3.05, 3.63) is 47.0 Å². The van der Waals surface area contributed by atoms with Crippen LogP contribution in [0.1, 0.15) is 5.56 Å². The van der Waals surface area contributed by atoms with E-state index in [9.17, 15) is 8.78 Å². The van der Waals surface area contributed by atoms with Crippen molar-refractivity contribution in [3.63, 3.8) is 0 Å². The van der Waals surface area contributed by atoms with Crippen molar-refractivity contribution in [2.45, 2.75) is 6.42 Å². The summed E-state index contributed by atoms with van der Waals surface area (Å²) in [6.45, 7) is -0.487. The van der Waals surface area contributed by atoms with Crippen molar-refractivity contribution in [1.29, 1.82) is 0 Å². The summed E-state index contributed by atoms with van der Waals surface area (Å²) in [6, 6.07) is 3.57. The highest BCUT2D eigenvalue weighted by molar-refractivity contribution is 5.28. The summed E-state index contributed by atoms with van der Waals surface area (Å²) in [6.07, 6.45) is 1.74. The number of aliphatic hydroxyl groups is 2. The third-order valence-electron chi connectivity index (χ3n) is 2.08. The van der Waals surface area contributed by atoms with Gasteiger partial charge in [-0.15, -0.1) is 0 Å². The van der Waals surface area contributed by atoms with Gasteiger partial charge in [0.25, 0.3) is 0 Å². The second kappa shape index (κ2) is 6.79. The molecule has 17 heavy (non-hydrogen) atoms. The van der Waals surface area contributed by atoms with E-state index < -0.39 is 11.6 Å². The van der Waals surface area contributed by atoms with Crippen LogP contribution in [0.25, 0.3) is 0 Å². The zero-order chi connectivity index (χ0) is 12.7. The van der Waals surface area contributed by atoms with Gasteiger partial charge >= 0.3 is 0 Å². The molecule has 0 saturated carbocycles. The van der Waals surface area contributed by atoms with E-state index in [0.29, 0.717) is 11.1 Å². The molecule has 0 unspecified atom stereocenters. The minimum absolute atomic E-state index is 0.223. The highest BCUT2D eigenvalue weighted by atomic mass is 19.2. The molecule has 0 aliphatic rings. The van der Waals surface area contributed by atoms with Gasteiger partial charge in [0.05, 0.1) is 6.61 Å². The minimum Gasteiger partial charge on any atom is -0.392 e. The summed E-state index contributed by atoms with van der Waals surface area (Å²) < 4.78 is 25.6. The van der Waals surface area contributed by atoms with Gasteiger partial charge in [-0.3, -0.25) is 0 Å². The van der Waals surface area contributed by atoms with Gasteiger partial charge in [-0.05, 0) is 35.8 Å². The Morgan fingerprint density at radius 1 is 1.24 bits per heavy atom. The van der Waals surface area contributed by atoms with Gasteiger partial charge in [0, 0.05) is 0 Å². The Balaban J connectivity index is 2.80. The molecule has 0 fully saturated rings. The van der Waals surface area contributed by atoms with Crippen molar-refractivity contribution in [3.8, 4) is 11.8 Å². The van der Waals surface area contributed by atoms with Gasteiger partial charge in [0.2, 0.25) is 0 Å². The number of benzene rings is 1. The van der Waals surface area contributed by atoms with Crippen LogP contribution in [0.4, 0.5) is 8.78 Å². The second-order valence-electron chi connectivity index (χ2n) is 3.37. The first kappa shape index (κ1) is 13.4. The number of hydrogen-bond donors (Lipinski definition) is 2. The predicted octanol–water partition coefficient (Wildman–Crippen LogP) is 1.42. The molecule has 0 aliphatic carbocycles. The fraction of sp³-hybridized carbons (Fsp3) is 0.231. The number of halogens is 2. The zero-order valence-corrected chi connectivity index (χ0v) is 9.08. The summed E-state index contributed by atoms with van der Waals surface area (Å²) in [5.74, 6) is 3.13. The van der Waals surface area contributed by atoms with Crippen molar-refractivity contribution in [1.82, 2.24) is 0 Å². The monoisotopic (exact) mass is 238 g/mol. The molecule has 0 aromatic heterocycles. The molecule has 0 atom stereocenters. The van der Waals surface area contributed by atoms with Gasteiger partial charge < -0.3 is 10.2 Å². The molecule has 0 saturated heterocycles. The first-order valence-electron chi connectivity index (χ1n) is 4.99. The average molecular weight is 238 g/mol. The smallest absolute Gasteiger partial charge is 0.159 e. The molecule has 0 aliphatic heterocycles. The fourth-order valence-electron chi connectivity index (χ4n) is 1.26. The molecule has 2 N–H and O–H groups in total. The molecule has 0 amide bonds. The second-order valence-corrected chi connectivity index (χ2v) is 3.37. The van der Waals surface area contributed by atoms with Crippen LogP contribution in [0, 0.1) is 23.5 Å². The number of allylic oxidation sites excluding steroid dienone is 1. The predicted molar refractivity (Wildman–Crippen MR) is 60.1 cm³/mol. The highest BCUT2D eigenvalue weighted by Gasteiger charge is 2.04. The molecule has 0 heterocycles. The van der Waals surface area contributed by atoms with Crippen LogP contribution in [-0.2, 0) is 6.42 Å². The van der Waals surface area contributed by atoms with Crippen LogP contribution in [0.2, 0.25) is 0 Å². The van der Waals surface area contributed by atoms with Crippen LogP contribution in [0.5, 0.6) is 0 Å². The lowest BCUT2D eigenvalue weighted by molar-refractivity contribution is 0.328. The Morgan fingerprint density at radius 2 is 2.00 bits per heavy atom. The normalized spacial score (nSPS) is 10.9. The largest absolute Gasteiger partial charge is 0.392 e. The van der Waals surface area contributed by atoms with Gasteiger partial charge in [-0.2, -0.15) is 0 Å². The number of hydrogen-bond acceptors (Lipinski definition) is 2. The average Bonchev–Trinajstić information content (AvgIpc) is 2.32. The minimum atomic E-state index is -0.916. The molecular weight excluding hydrogens is 226 g/mol. The quantitative estimate of drug-likeness (QED) is 0.782. The first-order chi connectivity index (χ1) is 8.17. The van der Waals surface area contributed by atoms with E-state index in [-0.39, 0.29) is 19.6 Å².